The van der Waals surface area contributed by atoms with Crippen LogP contribution in [0.5, 0.6) is 5.75 Å². The number of ether oxygens (including phenoxy) is 2. The van der Waals surface area contributed by atoms with Crippen LogP contribution in [0.3, 0.4) is 0 Å². The molecule has 2 aromatic rings. The van der Waals surface area contributed by atoms with Crippen molar-refractivity contribution < 1.29 is 9.47 Å². The number of hydrogen-bond donors (Lipinski definition) is 1. The summed E-state index contributed by atoms with van der Waals surface area (Å²) in [6.45, 7) is 3.47. The number of benzene rings is 2. The van der Waals surface area contributed by atoms with Gasteiger partial charge in [0.25, 0.3) is 0 Å². The largest absolute Gasteiger partial charge is 0.489 e. The Morgan fingerprint density at radius 2 is 2.00 bits per heavy atom. The van der Waals surface area contributed by atoms with E-state index in [9.17, 15) is 0 Å². The Labute approximate surface area is 175 Å². The summed E-state index contributed by atoms with van der Waals surface area (Å²) in [5.74, 6) is 1.67. The Balaban J connectivity index is 1.60. The molecular formula is C23H24ClN3O2. The predicted octanol–water partition coefficient (Wildman–Crippen LogP) is 4.57. The molecule has 0 aromatic heterocycles. The van der Waals surface area contributed by atoms with Crippen LogP contribution in [0, 0.1) is 5.92 Å². The minimum atomic E-state index is -0.724. The molecule has 0 aliphatic carbocycles. The molecule has 3 aliphatic rings. The summed E-state index contributed by atoms with van der Waals surface area (Å²) < 4.78 is 12.2. The first-order chi connectivity index (χ1) is 14.0. The molecule has 3 aliphatic heterocycles. The number of hydrogen-bond acceptors (Lipinski definition) is 5. The Kier molecular flexibility index (Phi) is 4.60. The van der Waals surface area contributed by atoms with Crippen LogP contribution < -0.4 is 10.5 Å². The lowest BCUT2D eigenvalue weighted by atomic mass is 9.83. The van der Waals surface area contributed by atoms with Crippen molar-refractivity contribution in [1.82, 2.24) is 0 Å². The van der Waals surface area contributed by atoms with Gasteiger partial charge in [0.1, 0.15) is 17.7 Å². The highest BCUT2D eigenvalue weighted by Crippen LogP contribution is 2.48. The average molecular weight is 410 g/mol. The third-order valence-electron chi connectivity index (χ3n) is 6.08. The van der Waals surface area contributed by atoms with Gasteiger partial charge in [-0.05, 0) is 55.2 Å². The molecule has 5 rings (SSSR count). The molecule has 0 radical (unpaired) electrons. The van der Waals surface area contributed by atoms with Gasteiger partial charge in [0.2, 0.25) is 0 Å². The lowest BCUT2D eigenvalue weighted by molar-refractivity contribution is -0.0166. The van der Waals surface area contributed by atoms with Crippen LogP contribution >= 0.6 is 11.6 Å². The lowest BCUT2D eigenvalue weighted by Crippen LogP contribution is -2.42. The van der Waals surface area contributed by atoms with Gasteiger partial charge in [-0.2, -0.15) is 0 Å². The number of nitrogens with two attached hydrogens (primary N) is 1. The van der Waals surface area contributed by atoms with Gasteiger partial charge < -0.3 is 15.2 Å². The fraction of sp³-hybridized carbons (Fsp3) is 0.391. The van der Waals surface area contributed by atoms with Crippen molar-refractivity contribution in [2.45, 2.75) is 38.0 Å². The van der Waals surface area contributed by atoms with E-state index in [-0.39, 0.29) is 6.10 Å². The molecule has 3 atom stereocenters. The molecule has 0 unspecified atom stereocenters. The predicted molar refractivity (Wildman–Crippen MR) is 116 cm³/mol. The molecule has 0 bridgehead atoms. The number of amidine groups is 1. The first kappa shape index (κ1) is 18.6. The van der Waals surface area contributed by atoms with Crippen molar-refractivity contribution in [3.63, 3.8) is 0 Å². The average Bonchev–Trinajstić information content (AvgIpc) is 3.02. The second-order valence-electron chi connectivity index (χ2n) is 8.07. The van der Waals surface area contributed by atoms with E-state index in [2.05, 4.69) is 12.1 Å². The van der Waals surface area contributed by atoms with Crippen LogP contribution in [0.15, 0.2) is 52.4 Å². The Bertz CT molecular complexity index is 993. The van der Waals surface area contributed by atoms with Gasteiger partial charge in [0.05, 0.1) is 12.3 Å². The minimum Gasteiger partial charge on any atom is -0.489 e. The maximum atomic E-state index is 6.46. The first-order valence-corrected chi connectivity index (χ1v) is 10.5. The van der Waals surface area contributed by atoms with Gasteiger partial charge in [0, 0.05) is 29.5 Å². The summed E-state index contributed by atoms with van der Waals surface area (Å²) in [6, 6.07) is 14.1. The van der Waals surface area contributed by atoms with Gasteiger partial charge in [-0.25, -0.2) is 4.99 Å². The van der Waals surface area contributed by atoms with Crippen molar-refractivity contribution in [3.05, 3.63) is 53.1 Å². The molecule has 6 heteroatoms. The second-order valence-corrected chi connectivity index (χ2v) is 8.51. The van der Waals surface area contributed by atoms with Gasteiger partial charge >= 0.3 is 0 Å². The molecule has 3 heterocycles. The number of halogens is 1. The topological polar surface area (TPSA) is 69.2 Å². The SMILES string of the molecule is CC1=N[C@]2(C[C@@H]([C@@H]3CCCOC3)Oc3ccc(-c4cccc(Cl)c4)cc32)N=C1N. The molecule has 0 amide bonds. The highest BCUT2D eigenvalue weighted by molar-refractivity contribution is 6.41. The normalized spacial score (nSPS) is 28.5. The molecular weight excluding hydrogens is 386 g/mol. The Morgan fingerprint density at radius 1 is 1.14 bits per heavy atom. The zero-order valence-corrected chi connectivity index (χ0v) is 17.2. The standard InChI is InChI=1S/C23H24ClN3O2/c1-14-22(25)27-23(26-14)12-21(17-5-3-9-28-13-17)29-20-8-7-16(11-19(20)23)15-4-2-6-18(24)10-15/h2,4,6-8,10-11,17,21H,3,5,9,12-13H2,1H3,(H2,25,27)/t17-,21+,23-/m1/s1. The smallest absolute Gasteiger partial charge is 0.185 e. The van der Waals surface area contributed by atoms with Gasteiger partial charge in [-0.15, -0.1) is 0 Å². The molecule has 29 heavy (non-hydrogen) atoms. The highest BCUT2D eigenvalue weighted by atomic mass is 35.5. The number of aliphatic imine (C=N–C) groups is 2. The minimum absolute atomic E-state index is 0.00557. The van der Waals surface area contributed by atoms with Crippen LogP contribution in [0.4, 0.5) is 0 Å². The molecule has 150 valence electrons. The van der Waals surface area contributed by atoms with Crippen molar-refractivity contribution in [2.75, 3.05) is 13.2 Å². The van der Waals surface area contributed by atoms with Crippen molar-refractivity contribution in [1.29, 1.82) is 0 Å². The lowest BCUT2D eigenvalue weighted by Gasteiger charge is -2.40. The number of rotatable bonds is 2. The summed E-state index contributed by atoms with van der Waals surface area (Å²) in [5, 5.41) is 0.709. The van der Waals surface area contributed by atoms with Gasteiger partial charge in [-0.1, -0.05) is 29.8 Å². The third kappa shape index (κ3) is 3.32. The van der Waals surface area contributed by atoms with Crippen LogP contribution in [0.2, 0.25) is 5.02 Å². The van der Waals surface area contributed by atoms with E-state index >= 15 is 0 Å². The Morgan fingerprint density at radius 3 is 2.72 bits per heavy atom. The van der Waals surface area contributed by atoms with Crippen molar-refractivity contribution in [3.8, 4) is 16.9 Å². The fourth-order valence-electron chi connectivity index (χ4n) is 4.56. The molecule has 2 aromatic carbocycles. The van der Waals surface area contributed by atoms with E-state index in [0.29, 0.717) is 23.2 Å². The number of nitrogens with zero attached hydrogens (tertiary/aromatic N) is 2. The van der Waals surface area contributed by atoms with Crippen LogP contribution in [-0.2, 0) is 10.4 Å². The third-order valence-corrected chi connectivity index (χ3v) is 6.32. The van der Waals surface area contributed by atoms with Crippen molar-refractivity contribution >= 4 is 23.1 Å². The van der Waals surface area contributed by atoms with Crippen LogP contribution in [0.25, 0.3) is 11.1 Å². The second kappa shape index (κ2) is 7.15. The maximum absolute atomic E-state index is 6.46. The summed E-state index contributed by atoms with van der Waals surface area (Å²) in [5.41, 5.74) is 9.30. The fourth-order valence-corrected chi connectivity index (χ4v) is 4.75. The molecule has 5 nitrogen and oxygen atoms in total. The van der Waals surface area contributed by atoms with E-state index in [1.807, 2.05) is 37.3 Å². The molecule has 1 fully saturated rings. The maximum Gasteiger partial charge on any atom is 0.185 e. The molecule has 2 N–H and O–H groups in total. The highest BCUT2D eigenvalue weighted by Gasteiger charge is 2.47. The van der Waals surface area contributed by atoms with Crippen molar-refractivity contribution in [2.24, 2.45) is 21.6 Å². The zero-order valence-electron chi connectivity index (χ0n) is 16.4. The van der Waals surface area contributed by atoms with E-state index in [0.717, 1.165) is 54.2 Å². The van der Waals surface area contributed by atoms with Gasteiger partial charge in [-0.3, -0.25) is 4.99 Å². The van der Waals surface area contributed by atoms with E-state index in [4.69, 9.17) is 36.8 Å². The molecule has 0 saturated carbocycles. The summed E-state index contributed by atoms with van der Waals surface area (Å²) in [7, 11) is 0. The van der Waals surface area contributed by atoms with Crippen LogP contribution in [0.1, 0.15) is 31.7 Å². The molecule has 1 spiro atoms. The first-order valence-electron chi connectivity index (χ1n) is 10.1. The van der Waals surface area contributed by atoms with E-state index < -0.39 is 5.66 Å². The zero-order chi connectivity index (χ0) is 20.0. The summed E-state index contributed by atoms with van der Waals surface area (Å²) in [4.78, 5) is 9.78. The summed E-state index contributed by atoms with van der Waals surface area (Å²) >= 11 is 6.21. The van der Waals surface area contributed by atoms with Crippen LogP contribution in [-0.4, -0.2) is 30.9 Å². The van der Waals surface area contributed by atoms with E-state index in [1.54, 1.807) is 0 Å². The van der Waals surface area contributed by atoms with Gasteiger partial charge in [0.15, 0.2) is 5.66 Å². The summed E-state index contributed by atoms with van der Waals surface area (Å²) in [6.07, 6.45) is 2.83. The monoisotopic (exact) mass is 409 g/mol. The van der Waals surface area contributed by atoms with E-state index in [1.165, 1.54) is 0 Å². The molecule has 1 saturated heterocycles. The quantitative estimate of drug-likeness (QED) is 0.789. The number of fused-ring (bicyclic) bond motifs is 2. The Hall–Kier alpha value is -2.37.